The quantitative estimate of drug-likeness (QED) is 0.738. The van der Waals surface area contributed by atoms with E-state index in [-0.39, 0.29) is 6.61 Å². The lowest BCUT2D eigenvalue weighted by atomic mass is 10.2. The lowest BCUT2D eigenvalue weighted by Crippen LogP contribution is -1.93. The Morgan fingerprint density at radius 3 is 3.00 bits per heavy atom. The van der Waals surface area contributed by atoms with Crippen LogP contribution in [0.4, 0.5) is 10.1 Å². The molecule has 0 aliphatic heterocycles. The Morgan fingerprint density at radius 1 is 1.62 bits per heavy atom. The van der Waals surface area contributed by atoms with E-state index >= 15 is 0 Å². The van der Waals surface area contributed by atoms with Gasteiger partial charge in [-0.05, 0) is 12.5 Å². The summed E-state index contributed by atoms with van der Waals surface area (Å²) in [5.74, 6) is -0.447. The van der Waals surface area contributed by atoms with E-state index in [4.69, 9.17) is 10.8 Å². The molecule has 0 aliphatic carbocycles. The van der Waals surface area contributed by atoms with Gasteiger partial charge in [0.25, 0.3) is 0 Å². The maximum absolute atomic E-state index is 12.5. The Hall–Kier alpha value is -1.42. The fraction of sp³-hybridized carbons (Fsp3) is 0.222. The number of rotatable bonds is 3. The number of aromatic nitrogens is 1. The van der Waals surface area contributed by atoms with Crippen LogP contribution >= 0.6 is 0 Å². The number of anilines is 1. The first-order valence-electron chi connectivity index (χ1n) is 3.92. The Kier molecular flexibility index (Phi) is 3.40. The van der Waals surface area contributed by atoms with Crippen LogP contribution < -0.4 is 5.73 Å². The number of halogens is 1. The molecule has 0 bridgehead atoms. The second kappa shape index (κ2) is 4.57. The van der Waals surface area contributed by atoms with Crippen LogP contribution in [0.5, 0.6) is 0 Å². The highest BCUT2D eigenvalue weighted by molar-refractivity contribution is 5.60. The van der Waals surface area contributed by atoms with Gasteiger partial charge in [-0.25, -0.2) is 4.39 Å². The number of hydrogen-bond acceptors (Lipinski definition) is 3. The lowest BCUT2D eigenvalue weighted by Gasteiger charge is -1.98. The largest absolute Gasteiger partial charge is 0.397 e. The summed E-state index contributed by atoms with van der Waals surface area (Å²) >= 11 is 0. The van der Waals surface area contributed by atoms with E-state index in [9.17, 15) is 4.39 Å². The van der Waals surface area contributed by atoms with Crippen molar-refractivity contribution in [3.63, 3.8) is 0 Å². The van der Waals surface area contributed by atoms with Gasteiger partial charge in [0.05, 0.1) is 17.6 Å². The third-order valence-corrected chi connectivity index (χ3v) is 1.49. The molecule has 70 valence electrons. The van der Waals surface area contributed by atoms with Gasteiger partial charge in [-0.2, -0.15) is 0 Å². The van der Waals surface area contributed by atoms with Crippen molar-refractivity contribution in [3.05, 3.63) is 29.9 Å². The van der Waals surface area contributed by atoms with Gasteiger partial charge in [0.2, 0.25) is 0 Å². The van der Waals surface area contributed by atoms with Crippen molar-refractivity contribution in [2.24, 2.45) is 0 Å². The van der Waals surface area contributed by atoms with Gasteiger partial charge in [-0.1, -0.05) is 6.08 Å². The number of aliphatic hydroxyl groups excluding tert-OH is 1. The molecule has 0 aromatic carbocycles. The molecule has 0 spiro atoms. The van der Waals surface area contributed by atoms with Gasteiger partial charge in [-0.3, -0.25) is 4.98 Å². The molecule has 0 aliphatic rings. The van der Waals surface area contributed by atoms with Gasteiger partial charge in [0, 0.05) is 12.7 Å². The smallest absolute Gasteiger partial charge is 0.143 e. The summed E-state index contributed by atoms with van der Waals surface area (Å²) in [6.45, 7) is 0.0810. The van der Waals surface area contributed by atoms with Crippen LogP contribution in [0.25, 0.3) is 6.08 Å². The maximum atomic E-state index is 12.5. The molecular weight excluding hydrogens is 171 g/mol. The third kappa shape index (κ3) is 2.83. The van der Waals surface area contributed by atoms with E-state index in [0.717, 1.165) is 6.20 Å². The minimum absolute atomic E-state index is 0.0810. The minimum atomic E-state index is -0.447. The van der Waals surface area contributed by atoms with Gasteiger partial charge in [-0.15, -0.1) is 0 Å². The number of aliphatic hydroxyl groups is 1. The van der Waals surface area contributed by atoms with Crippen molar-refractivity contribution in [1.82, 2.24) is 4.98 Å². The second-order valence-corrected chi connectivity index (χ2v) is 2.54. The summed E-state index contributed by atoms with van der Waals surface area (Å²) in [5.41, 5.74) is 6.31. The highest BCUT2D eigenvalue weighted by atomic mass is 19.1. The Balaban J connectivity index is 2.77. The van der Waals surface area contributed by atoms with Crippen LogP contribution in [0.15, 0.2) is 18.3 Å². The average molecular weight is 182 g/mol. The highest BCUT2D eigenvalue weighted by Crippen LogP contribution is 2.11. The van der Waals surface area contributed by atoms with Gasteiger partial charge >= 0.3 is 0 Å². The van der Waals surface area contributed by atoms with Crippen molar-refractivity contribution < 1.29 is 9.50 Å². The summed E-state index contributed by atoms with van der Waals surface area (Å²) in [4.78, 5) is 3.78. The van der Waals surface area contributed by atoms with Crippen LogP contribution in [0.3, 0.4) is 0 Å². The van der Waals surface area contributed by atoms with E-state index in [0.29, 0.717) is 17.8 Å². The zero-order valence-electron chi connectivity index (χ0n) is 7.07. The molecule has 0 radical (unpaired) electrons. The number of hydrogen-bond donors (Lipinski definition) is 2. The molecular formula is C9H11FN2O. The third-order valence-electron chi connectivity index (χ3n) is 1.49. The van der Waals surface area contributed by atoms with Crippen LogP contribution in [0.2, 0.25) is 0 Å². The molecule has 0 unspecified atom stereocenters. The number of nitrogens with two attached hydrogens (primary N) is 1. The Labute approximate surface area is 75.7 Å². The summed E-state index contributed by atoms with van der Waals surface area (Å²) < 4.78 is 12.5. The van der Waals surface area contributed by atoms with Gasteiger partial charge in [0.1, 0.15) is 5.82 Å². The maximum Gasteiger partial charge on any atom is 0.143 e. The van der Waals surface area contributed by atoms with E-state index in [1.165, 1.54) is 6.07 Å². The average Bonchev–Trinajstić information content (AvgIpc) is 2.09. The monoisotopic (exact) mass is 182 g/mol. The topological polar surface area (TPSA) is 59.1 Å². The van der Waals surface area contributed by atoms with E-state index < -0.39 is 5.82 Å². The van der Waals surface area contributed by atoms with E-state index in [2.05, 4.69) is 4.98 Å². The molecule has 1 aromatic heterocycles. The summed E-state index contributed by atoms with van der Waals surface area (Å²) in [6.07, 6.45) is 5.04. The summed E-state index contributed by atoms with van der Waals surface area (Å²) in [6, 6.07) is 1.21. The molecule has 0 amide bonds. The van der Waals surface area contributed by atoms with Crippen LogP contribution in [-0.2, 0) is 0 Å². The van der Waals surface area contributed by atoms with E-state index in [1.54, 1.807) is 12.2 Å². The lowest BCUT2D eigenvalue weighted by molar-refractivity contribution is 0.303. The van der Waals surface area contributed by atoms with Crippen molar-refractivity contribution in [2.45, 2.75) is 6.42 Å². The first-order valence-corrected chi connectivity index (χ1v) is 3.92. The molecule has 0 atom stereocenters. The summed E-state index contributed by atoms with van der Waals surface area (Å²) in [7, 11) is 0. The molecule has 3 nitrogen and oxygen atoms in total. The standard InChI is InChI=1S/C9H11FN2O/c10-7-5-8(11)9(12-6-7)3-1-2-4-13/h1,3,5-6,13H,2,4,11H2. The molecule has 3 N–H and O–H groups in total. The SMILES string of the molecule is Nc1cc(F)cnc1C=CCCO. The number of pyridine rings is 1. The van der Waals surface area contributed by atoms with Crippen LogP contribution in [-0.4, -0.2) is 16.7 Å². The molecule has 0 saturated heterocycles. The number of nitrogens with zero attached hydrogens (tertiary/aromatic N) is 1. The zero-order valence-corrected chi connectivity index (χ0v) is 7.07. The fourth-order valence-electron chi connectivity index (χ4n) is 0.874. The van der Waals surface area contributed by atoms with Crippen molar-refractivity contribution >= 4 is 11.8 Å². The predicted octanol–water partition coefficient (Wildman–Crippen LogP) is 1.20. The highest BCUT2D eigenvalue weighted by Gasteiger charge is 1.97. The predicted molar refractivity (Wildman–Crippen MR) is 49.3 cm³/mol. The fourth-order valence-corrected chi connectivity index (χ4v) is 0.874. The molecule has 1 aromatic rings. The number of nitrogen functional groups attached to an aromatic ring is 1. The van der Waals surface area contributed by atoms with Crippen molar-refractivity contribution in [1.29, 1.82) is 0 Å². The van der Waals surface area contributed by atoms with Crippen molar-refractivity contribution in [2.75, 3.05) is 12.3 Å². The normalized spacial score (nSPS) is 10.9. The zero-order chi connectivity index (χ0) is 9.68. The first-order chi connectivity index (χ1) is 6.24. The van der Waals surface area contributed by atoms with E-state index in [1.807, 2.05) is 0 Å². The van der Waals surface area contributed by atoms with Gasteiger partial charge < -0.3 is 10.8 Å². The molecule has 4 heteroatoms. The van der Waals surface area contributed by atoms with Crippen LogP contribution in [0, 0.1) is 5.82 Å². The molecule has 1 heterocycles. The second-order valence-electron chi connectivity index (χ2n) is 2.54. The Bertz CT molecular complexity index is 312. The summed E-state index contributed by atoms with van der Waals surface area (Å²) in [5, 5.41) is 8.49. The molecule has 13 heavy (non-hydrogen) atoms. The van der Waals surface area contributed by atoms with Crippen molar-refractivity contribution in [3.8, 4) is 0 Å². The minimum Gasteiger partial charge on any atom is -0.397 e. The molecule has 1 rings (SSSR count). The Morgan fingerprint density at radius 2 is 2.38 bits per heavy atom. The molecule has 0 saturated carbocycles. The van der Waals surface area contributed by atoms with Crippen LogP contribution in [0.1, 0.15) is 12.1 Å². The first kappa shape index (κ1) is 9.67. The van der Waals surface area contributed by atoms with Gasteiger partial charge in [0.15, 0.2) is 0 Å². The molecule has 0 fully saturated rings.